The fraction of sp³-hybridized carbons (Fsp3) is 0.417. The molecule has 0 amide bonds. The Bertz CT molecular complexity index is 414. The van der Waals surface area contributed by atoms with Gasteiger partial charge in [0.2, 0.25) is 0 Å². The van der Waals surface area contributed by atoms with Crippen LogP contribution in [0.15, 0.2) is 24.3 Å². The standard InChI is InChI=1S/C12H14ClNO3/c1-14(10-4-2-9(13)3-5-10)6-12(11(15)16)7-17-8-12/h2-5H,6-8H2,1H3,(H,15,16). The molecular weight excluding hydrogens is 242 g/mol. The predicted molar refractivity (Wildman–Crippen MR) is 65.6 cm³/mol. The molecule has 1 fully saturated rings. The maximum Gasteiger partial charge on any atom is 0.316 e. The lowest BCUT2D eigenvalue weighted by molar-refractivity contribution is -0.177. The number of anilines is 1. The number of rotatable bonds is 4. The van der Waals surface area contributed by atoms with Gasteiger partial charge >= 0.3 is 5.97 Å². The molecule has 0 aromatic heterocycles. The molecule has 0 saturated carbocycles. The van der Waals surface area contributed by atoms with Crippen LogP contribution >= 0.6 is 11.6 Å². The van der Waals surface area contributed by atoms with E-state index in [0.29, 0.717) is 11.6 Å². The molecule has 1 aromatic rings. The van der Waals surface area contributed by atoms with E-state index in [1.165, 1.54) is 0 Å². The van der Waals surface area contributed by atoms with Crippen LogP contribution in [0.2, 0.25) is 5.02 Å². The zero-order valence-corrected chi connectivity index (χ0v) is 10.3. The van der Waals surface area contributed by atoms with E-state index in [1.807, 2.05) is 24.1 Å². The highest BCUT2D eigenvalue weighted by Gasteiger charge is 2.47. The monoisotopic (exact) mass is 255 g/mol. The van der Waals surface area contributed by atoms with Gasteiger partial charge in [0, 0.05) is 24.3 Å². The minimum absolute atomic E-state index is 0.278. The lowest BCUT2D eigenvalue weighted by Gasteiger charge is -2.40. The molecule has 1 heterocycles. The predicted octanol–water partition coefficient (Wildman–Crippen LogP) is 1.88. The van der Waals surface area contributed by atoms with Crippen molar-refractivity contribution < 1.29 is 14.6 Å². The molecule has 2 rings (SSSR count). The van der Waals surface area contributed by atoms with E-state index in [9.17, 15) is 9.90 Å². The summed E-state index contributed by atoms with van der Waals surface area (Å²) in [5, 5.41) is 9.86. The Balaban J connectivity index is 2.08. The fourth-order valence-electron chi connectivity index (χ4n) is 1.87. The summed E-state index contributed by atoms with van der Waals surface area (Å²) in [4.78, 5) is 13.1. The maximum atomic E-state index is 11.2. The highest BCUT2D eigenvalue weighted by molar-refractivity contribution is 6.30. The highest BCUT2D eigenvalue weighted by Crippen LogP contribution is 2.30. The van der Waals surface area contributed by atoms with Crippen LogP contribution in [0.1, 0.15) is 0 Å². The second kappa shape index (κ2) is 4.55. The number of hydrogen-bond acceptors (Lipinski definition) is 3. The van der Waals surface area contributed by atoms with Gasteiger partial charge in [0.05, 0.1) is 13.2 Å². The number of halogens is 1. The van der Waals surface area contributed by atoms with Crippen LogP contribution in [-0.2, 0) is 9.53 Å². The van der Waals surface area contributed by atoms with Crippen LogP contribution < -0.4 is 4.90 Å². The third kappa shape index (κ3) is 2.37. The molecule has 0 spiro atoms. The molecule has 4 nitrogen and oxygen atoms in total. The first kappa shape index (κ1) is 12.2. The Labute approximate surface area is 105 Å². The van der Waals surface area contributed by atoms with Gasteiger partial charge in [0.15, 0.2) is 0 Å². The van der Waals surface area contributed by atoms with Crippen molar-refractivity contribution in [3.8, 4) is 0 Å². The molecule has 1 aromatic carbocycles. The summed E-state index contributed by atoms with van der Waals surface area (Å²) in [6, 6.07) is 7.32. The van der Waals surface area contributed by atoms with Crippen LogP contribution in [0.25, 0.3) is 0 Å². The summed E-state index contributed by atoms with van der Waals surface area (Å²) < 4.78 is 5.03. The smallest absolute Gasteiger partial charge is 0.316 e. The maximum absolute atomic E-state index is 11.2. The number of aliphatic carboxylic acids is 1. The molecule has 1 aliphatic heterocycles. The van der Waals surface area contributed by atoms with Crippen molar-refractivity contribution in [3.63, 3.8) is 0 Å². The number of nitrogens with zero attached hydrogens (tertiary/aromatic N) is 1. The number of benzene rings is 1. The average molecular weight is 256 g/mol. The van der Waals surface area contributed by atoms with Crippen molar-refractivity contribution in [2.45, 2.75) is 0 Å². The second-order valence-corrected chi connectivity index (χ2v) is 4.85. The summed E-state index contributed by atoms with van der Waals surface area (Å²) in [6.45, 7) is 0.991. The third-order valence-electron chi connectivity index (χ3n) is 3.02. The Morgan fingerprint density at radius 1 is 1.47 bits per heavy atom. The van der Waals surface area contributed by atoms with Gasteiger partial charge in [-0.1, -0.05) is 11.6 Å². The van der Waals surface area contributed by atoms with Gasteiger partial charge in [-0.3, -0.25) is 4.79 Å². The summed E-state index contributed by atoms with van der Waals surface area (Å²) >= 11 is 5.81. The molecular formula is C12H14ClNO3. The van der Waals surface area contributed by atoms with Gasteiger partial charge < -0.3 is 14.7 Å². The van der Waals surface area contributed by atoms with Gasteiger partial charge in [-0.25, -0.2) is 0 Å². The normalized spacial score (nSPS) is 17.3. The minimum Gasteiger partial charge on any atom is -0.481 e. The van der Waals surface area contributed by atoms with Gasteiger partial charge in [-0.15, -0.1) is 0 Å². The lowest BCUT2D eigenvalue weighted by atomic mass is 9.85. The van der Waals surface area contributed by atoms with E-state index in [2.05, 4.69) is 0 Å². The molecule has 1 saturated heterocycles. The van der Waals surface area contributed by atoms with E-state index in [1.54, 1.807) is 12.1 Å². The number of carboxylic acids is 1. The van der Waals surface area contributed by atoms with Gasteiger partial charge in [0.25, 0.3) is 0 Å². The average Bonchev–Trinajstić information content (AvgIpc) is 2.23. The van der Waals surface area contributed by atoms with Crippen molar-refractivity contribution in [1.82, 2.24) is 0 Å². The van der Waals surface area contributed by atoms with E-state index < -0.39 is 11.4 Å². The summed E-state index contributed by atoms with van der Waals surface area (Å²) in [6.07, 6.45) is 0. The molecule has 0 bridgehead atoms. The number of hydrogen-bond donors (Lipinski definition) is 1. The molecule has 0 atom stereocenters. The third-order valence-corrected chi connectivity index (χ3v) is 3.27. The molecule has 5 heteroatoms. The zero-order chi connectivity index (χ0) is 12.5. The van der Waals surface area contributed by atoms with Crippen LogP contribution in [0.3, 0.4) is 0 Å². The minimum atomic E-state index is -0.801. The van der Waals surface area contributed by atoms with Crippen molar-refractivity contribution >= 4 is 23.3 Å². The van der Waals surface area contributed by atoms with Gasteiger partial charge in [-0.05, 0) is 24.3 Å². The molecule has 0 unspecified atom stereocenters. The van der Waals surface area contributed by atoms with Crippen LogP contribution in [-0.4, -0.2) is 37.9 Å². The van der Waals surface area contributed by atoms with Crippen molar-refractivity contribution in [3.05, 3.63) is 29.3 Å². The number of carbonyl (C=O) groups is 1. The SMILES string of the molecule is CN(CC1(C(=O)O)COC1)c1ccc(Cl)cc1. The molecule has 0 radical (unpaired) electrons. The van der Waals surface area contributed by atoms with Crippen LogP contribution in [0, 0.1) is 5.41 Å². The molecule has 1 N–H and O–H groups in total. The summed E-state index contributed by atoms with van der Waals surface area (Å²) in [5.74, 6) is -0.801. The Morgan fingerprint density at radius 3 is 2.47 bits per heavy atom. The Kier molecular flexibility index (Phi) is 3.26. The molecule has 0 aliphatic carbocycles. The van der Waals surface area contributed by atoms with Crippen LogP contribution in [0.4, 0.5) is 5.69 Å². The number of ether oxygens (including phenoxy) is 1. The highest BCUT2D eigenvalue weighted by atomic mass is 35.5. The fourth-order valence-corrected chi connectivity index (χ4v) is 2.00. The first-order valence-electron chi connectivity index (χ1n) is 5.31. The topological polar surface area (TPSA) is 49.8 Å². The van der Waals surface area contributed by atoms with E-state index >= 15 is 0 Å². The zero-order valence-electron chi connectivity index (χ0n) is 9.52. The van der Waals surface area contributed by atoms with Gasteiger partial charge in [0.1, 0.15) is 5.41 Å². The lowest BCUT2D eigenvalue weighted by Crippen LogP contribution is -2.55. The van der Waals surface area contributed by atoms with E-state index in [0.717, 1.165) is 5.69 Å². The largest absolute Gasteiger partial charge is 0.481 e. The van der Waals surface area contributed by atoms with Crippen molar-refractivity contribution in [2.75, 3.05) is 31.7 Å². The first-order chi connectivity index (χ1) is 8.03. The van der Waals surface area contributed by atoms with Crippen molar-refractivity contribution in [1.29, 1.82) is 0 Å². The molecule has 1 aliphatic rings. The summed E-state index contributed by atoms with van der Waals surface area (Å²) in [7, 11) is 1.87. The first-order valence-corrected chi connectivity index (χ1v) is 5.69. The molecule has 17 heavy (non-hydrogen) atoms. The Hall–Kier alpha value is -1.26. The summed E-state index contributed by atoms with van der Waals surface area (Å²) in [5.41, 5.74) is 0.177. The number of carboxylic acid groups (broad SMARTS) is 1. The van der Waals surface area contributed by atoms with Gasteiger partial charge in [-0.2, -0.15) is 0 Å². The Morgan fingerprint density at radius 2 is 2.06 bits per heavy atom. The van der Waals surface area contributed by atoms with E-state index in [4.69, 9.17) is 16.3 Å². The van der Waals surface area contributed by atoms with Crippen LogP contribution in [0.5, 0.6) is 0 Å². The molecule has 92 valence electrons. The van der Waals surface area contributed by atoms with Crippen molar-refractivity contribution in [2.24, 2.45) is 5.41 Å². The quantitative estimate of drug-likeness (QED) is 0.893. The van der Waals surface area contributed by atoms with E-state index in [-0.39, 0.29) is 13.2 Å². The second-order valence-electron chi connectivity index (χ2n) is 4.41.